The second-order valence-corrected chi connectivity index (χ2v) is 6.28. The molecule has 1 unspecified atom stereocenters. The molecule has 1 N–H and O–H groups in total. The molecule has 1 aromatic heterocycles. The summed E-state index contributed by atoms with van der Waals surface area (Å²) in [5.41, 5.74) is 1.69. The number of nitrogens with one attached hydrogen (secondary N) is 1. The Labute approximate surface area is 143 Å². The van der Waals surface area contributed by atoms with E-state index in [9.17, 15) is 4.39 Å². The van der Waals surface area contributed by atoms with Gasteiger partial charge in [-0.15, -0.1) is 11.3 Å². The van der Waals surface area contributed by atoms with E-state index in [1.165, 1.54) is 6.08 Å². The van der Waals surface area contributed by atoms with Crippen LogP contribution in [0, 0.1) is 6.08 Å². The second kappa shape index (κ2) is 7.62. The van der Waals surface area contributed by atoms with Crippen molar-refractivity contribution in [2.24, 2.45) is 0 Å². The number of hydrogen-bond acceptors (Lipinski definition) is 4. The van der Waals surface area contributed by atoms with Gasteiger partial charge in [0.05, 0.1) is 6.54 Å². The molecule has 1 radical (unpaired) electrons. The molecule has 0 aliphatic heterocycles. The predicted molar refractivity (Wildman–Crippen MR) is 92.6 cm³/mol. The number of thiazole rings is 1. The molecular weight excluding hydrogens is 335 g/mol. The summed E-state index contributed by atoms with van der Waals surface area (Å²) in [5.74, 6) is 0.768. The fourth-order valence-corrected chi connectivity index (χ4v) is 3.04. The zero-order chi connectivity index (χ0) is 16.1. The normalized spacial score (nSPS) is 17.4. The molecule has 0 bridgehead atoms. The van der Waals surface area contributed by atoms with Gasteiger partial charge in [0.25, 0.3) is 0 Å². The van der Waals surface area contributed by atoms with E-state index in [0.717, 1.165) is 22.0 Å². The van der Waals surface area contributed by atoms with Gasteiger partial charge < -0.3 is 10.1 Å². The highest BCUT2D eigenvalue weighted by Crippen LogP contribution is 2.29. The molecular formula is C17H15ClFN2OS. The summed E-state index contributed by atoms with van der Waals surface area (Å²) in [7, 11) is 0. The highest BCUT2D eigenvalue weighted by Gasteiger charge is 2.15. The smallest absolute Gasteiger partial charge is 0.182 e. The van der Waals surface area contributed by atoms with E-state index in [4.69, 9.17) is 16.3 Å². The first-order valence-corrected chi connectivity index (χ1v) is 8.47. The fourth-order valence-electron chi connectivity index (χ4n) is 2.23. The lowest BCUT2D eigenvalue weighted by Crippen LogP contribution is -2.11. The Morgan fingerprint density at radius 1 is 1.39 bits per heavy atom. The lowest BCUT2D eigenvalue weighted by molar-refractivity contribution is 0.333. The van der Waals surface area contributed by atoms with Crippen LogP contribution >= 0.6 is 22.9 Å². The summed E-state index contributed by atoms with van der Waals surface area (Å²) in [5, 5.41) is 6.30. The topological polar surface area (TPSA) is 34.1 Å². The number of nitrogens with zero attached hydrogens (tertiary/aromatic N) is 1. The summed E-state index contributed by atoms with van der Waals surface area (Å²) in [6.07, 6.45) is 5.38. The number of halogens is 2. The molecule has 0 saturated heterocycles. The van der Waals surface area contributed by atoms with Gasteiger partial charge in [-0.05, 0) is 29.3 Å². The maximum atomic E-state index is 13.5. The summed E-state index contributed by atoms with van der Waals surface area (Å²) >= 11 is 7.42. The van der Waals surface area contributed by atoms with Crippen LogP contribution in [0.5, 0.6) is 5.75 Å². The molecule has 119 valence electrons. The van der Waals surface area contributed by atoms with E-state index in [-0.39, 0.29) is 0 Å². The lowest BCUT2D eigenvalue weighted by atomic mass is 9.96. The van der Waals surface area contributed by atoms with Crippen LogP contribution in [0.4, 0.5) is 9.52 Å². The van der Waals surface area contributed by atoms with Gasteiger partial charge in [0, 0.05) is 29.1 Å². The van der Waals surface area contributed by atoms with E-state index in [1.54, 1.807) is 17.5 Å². The van der Waals surface area contributed by atoms with Gasteiger partial charge in [-0.3, -0.25) is 0 Å². The summed E-state index contributed by atoms with van der Waals surface area (Å²) in [6.45, 7) is 1.22. The average molecular weight is 350 g/mol. The molecule has 1 atom stereocenters. The minimum atomic E-state index is -1.05. The number of alkyl halides is 1. The monoisotopic (exact) mass is 349 g/mol. The molecule has 3 rings (SSSR count). The van der Waals surface area contributed by atoms with E-state index in [2.05, 4.69) is 16.4 Å². The number of ether oxygens (including phenoxy) is 1. The molecule has 23 heavy (non-hydrogen) atoms. The highest BCUT2D eigenvalue weighted by atomic mass is 35.5. The maximum Gasteiger partial charge on any atom is 0.182 e. The lowest BCUT2D eigenvalue weighted by Gasteiger charge is -2.14. The quantitative estimate of drug-likeness (QED) is 0.768. The summed E-state index contributed by atoms with van der Waals surface area (Å²) < 4.78 is 19.2. The van der Waals surface area contributed by atoms with Crippen molar-refractivity contribution in [3.8, 4) is 5.75 Å². The Morgan fingerprint density at radius 2 is 2.22 bits per heavy atom. The molecule has 0 saturated carbocycles. The van der Waals surface area contributed by atoms with Gasteiger partial charge in [-0.25, -0.2) is 9.37 Å². The molecule has 0 spiro atoms. The van der Waals surface area contributed by atoms with Crippen LogP contribution in [0.25, 0.3) is 5.57 Å². The number of rotatable bonds is 6. The van der Waals surface area contributed by atoms with Crippen LogP contribution in [0.1, 0.15) is 12.0 Å². The molecule has 0 fully saturated rings. The van der Waals surface area contributed by atoms with Crippen molar-refractivity contribution in [1.82, 2.24) is 4.98 Å². The van der Waals surface area contributed by atoms with Crippen molar-refractivity contribution in [3.63, 3.8) is 0 Å². The zero-order valence-electron chi connectivity index (χ0n) is 12.3. The van der Waals surface area contributed by atoms with Gasteiger partial charge in [-0.2, -0.15) is 0 Å². The van der Waals surface area contributed by atoms with Crippen molar-refractivity contribution >= 4 is 33.6 Å². The van der Waals surface area contributed by atoms with Crippen LogP contribution in [-0.2, 0) is 0 Å². The number of anilines is 1. The first-order valence-electron chi connectivity index (χ1n) is 7.21. The van der Waals surface area contributed by atoms with Crippen LogP contribution in [0.3, 0.4) is 0 Å². The molecule has 0 amide bonds. The number of allylic oxidation sites excluding steroid dienone is 4. The van der Waals surface area contributed by atoms with Crippen molar-refractivity contribution < 1.29 is 9.13 Å². The molecule has 1 aliphatic rings. The van der Waals surface area contributed by atoms with E-state index >= 15 is 0 Å². The summed E-state index contributed by atoms with van der Waals surface area (Å²) in [6, 6.07) is 7.53. The van der Waals surface area contributed by atoms with Crippen molar-refractivity contribution in [2.75, 3.05) is 18.5 Å². The maximum absolute atomic E-state index is 13.5. The van der Waals surface area contributed by atoms with Crippen LogP contribution in [0.2, 0.25) is 0 Å². The van der Waals surface area contributed by atoms with Gasteiger partial charge in [0.2, 0.25) is 0 Å². The van der Waals surface area contributed by atoms with Gasteiger partial charge in [0.1, 0.15) is 18.5 Å². The minimum absolute atomic E-state index is 0.300. The number of aromatic nitrogens is 1. The zero-order valence-corrected chi connectivity index (χ0v) is 13.8. The molecule has 1 aliphatic carbocycles. The highest BCUT2D eigenvalue weighted by molar-refractivity contribution is 7.13. The van der Waals surface area contributed by atoms with E-state index in [0.29, 0.717) is 24.6 Å². The second-order valence-electron chi connectivity index (χ2n) is 4.98. The Kier molecular flexibility index (Phi) is 5.31. The van der Waals surface area contributed by atoms with E-state index < -0.39 is 6.17 Å². The van der Waals surface area contributed by atoms with Crippen molar-refractivity contribution in [1.29, 1.82) is 0 Å². The minimum Gasteiger partial charge on any atom is -0.492 e. The molecule has 6 heteroatoms. The van der Waals surface area contributed by atoms with Gasteiger partial charge in [0.15, 0.2) is 5.13 Å². The number of benzene rings is 1. The Hall–Kier alpha value is -1.85. The van der Waals surface area contributed by atoms with Gasteiger partial charge >= 0.3 is 0 Å². The standard InChI is InChI=1S/C17H15ClFN2OS/c18-14-9-13(10-15(19)11-14)12-1-3-16(4-2-12)22-7-5-20-17-21-6-8-23-17/h1-4,6,8,11,15H,5,7,10H2,(H,20,21). The Morgan fingerprint density at radius 3 is 2.91 bits per heavy atom. The summed E-state index contributed by atoms with van der Waals surface area (Å²) in [4.78, 5) is 4.13. The fraction of sp³-hybridized carbons (Fsp3) is 0.235. The number of hydrogen-bond donors (Lipinski definition) is 1. The molecule has 3 nitrogen and oxygen atoms in total. The molecule has 1 heterocycles. The van der Waals surface area contributed by atoms with Crippen molar-refractivity contribution in [3.05, 3.63) is 58.6 Å². The Bertz CT molecular complexity index is 698. The average Bonchev–Trinajstić information content (AvgIpc) is 3.04. The third kappa shape index (κ3) is 4.56. The Balaban J connectivity index is 1.52. The van der Waals surface area contributed by atoms with Crippen LogP contribution in [-0.4, -0.2) is 24.3 Å². The third-order valence-electron chi connectivity index (χ3n) is 3.28. The van der Waals surface area contributed by atoms with Crippen LogP contribution < -0.4 is 10.1 Å². The first kappa shape index (κ1) is 16.0. The first-order chi connectivity index (χ1) is 11.2. The third-order valence-corrected chi connectivity index (χ3v) is 4.23. The molecule has 2 aromatic rings. The van der Waals surface area contributed by atoms with Gasteiger partial charge in [-0.1, -0.05) is 23.7 Å². The van der Waals surface area contributed by atoms with E-state index in [1.807, 2.05) is 29.6 Å². The van der Waals surface area contributed by atoms with Crippen molar-refractivity contribution in [2.45, 2.75) is 12.6 Å². The predicted octanol–water partition coefficient (Wildman–Crippen LogP) is 4.69. The molecule has 1 aromatic carbocycles. The largest absolute Gasteiger partial charge is 0.492 e. The van der Waals surface area contributed by atoms with Crippen LogP contribution in [0.15, 0.2) is 47.0 Å². The SMILES string of the molecule is FC1C=C(Cl)[C]=C(c2ccc(OCCNc3nccs3)cc2)C1.